The van der Waals surface area contributed by atoms with Crippen LogP contribution in [0, 0.1) is 23.2 Å². The Kier molecular flexibility index (Phi) is 3.99. The van der Waals surface area contributed by atoms with Crippen LogP contribution in [0.5, 0.6) is 0 Å². The van der Waals surface area contributed by atoms with Gasteiger partial charge in [0.05, 0.1) is 5.92 Å². The highest BCUT2D eigenvalue weighted by molar-refractivity contribution is 6.55. The molecule has 2 atom stereocenters. The van der Waals surface area contributed by atoms with Crippen molar-refractivity contribution < 1.29 is 4.79 Å². The first kappa shape index (κ1) is 14.2. The molecule has 2 nitrogen and oxygen atoms in total. The van der Waals surface area contributed by atoms with E-state index in [2.05, 4.69) is 20.8 Å². The standard InChI is InChI=1S/C14H21Cl2NO/c1-9-4-6-17(7-5-9)13(18)12-10(8-11(15)16)14(12,2)3/h8-10,12H,4-7H2,1-3H3/t10-,12+/m0/s1. The van der Waals surface area contributed by atoms with E-state index in [0.29, 0.717) is 0 Å². The van der Waals surface area contributed by atoms with Gasteiger partial charge in [0.1, 0.15) is 4.49 Å². The van der Waals surface area contributed by atoms with Crippen molar-refractivity contribution in [1.29, 1.82) is 0 Å². The van der Waals surface area contributed by atoms with Gasteiger partial charge in [0.2, 0.25) is 5.91 Å². The van der Waals surface area contributed by atoms with E-state index < -0.39 is 0 Å². The van der Waals surface area contributed by atoms with E-state index >= 15 is 0 Å². The van der Waals surface area contributed by atoms with Crippen LogP contribution in [-0.2, 0) is 4.79 Å². The van der Waals surface area contributed by atoms with Crippen LogP contribution in [0.25, 0.3) is 0 Å². The lowest BCUT2D eigenvalue weighted by atomic mass is 9.98. The van der Waals surface area contributed by atoms with Crippen molar-refractivity contribution >= 4 is 29.1 Å². The maximum absolute atomic E-state index is 12.5. The minimum atomic E-state index is -0.00479. The summed E-state index contributed by atoms with van der Waals surface area (Å²) < 4.78 is 0.274. The number of rotatable bonds is 2. The van der Waals surface area contributed by atoms with Gasteiger partial charge in [-0.3, -0.25) is 4.79 Å². The number of halogens is 2. The molecule has 1 saturated heterocycles. The molecule has 1 heterocycles. The van der Waals surface area contributed by atoms with Crippen molar-refractivity contribution in [2.45, 2.75) is 33.6 Å². The van der Waals surface area contributed by atoms with Gasteiger partial charge in [-0.25, -0.2) is 0 Å². The van der Waals surface area contributed by atoms with E-state index in [1.54, 1.807) is 0 Å². The monoisotopic (exact) mass is 289 g/mol. The summed E-state index contributed by atoms with van der Waals surface area (Å²) in [7, 11) is 0. The van der Waals surface area contributed by atoms with Crippen LogP contribution < -0.4 is 0 Å². The number of allylic oxidation sites excluding steroid dienone is 1. The summed E-state index contributed by atoms with van der Waals surface area (Å²) in [5, 5.41) is 0. The van der Waals surface area contributed by atoms with Crippen LogP contribution in [0.1, 0.15) is 33.6 Å². The summed E-state index contributed by atoms with van der Waals surface area (Å²) >= 11 is 11.4. The molecular formula is C14H21Cl2NO. The lowest BCUT2D eigenvalue weighted by molar-refractivity contribution is -0.134. The molecule has 2 rings (SSSR count). The van der Waals surface area contributed by atoms with Crippen LogP contribution in [0.2, 0.25) is 0 Å². The molecule has 0 aromatic rings. The molecule has 0 aromatic heterocycles. The van der Waals surface area contributed by atoms with Crippen molar-refractivity contribution in [2.24, 2.45) is 23.2 Å². The van der Waals surface area contributed by atoms with Crippen molar-refractivity contribution in [3.05, 3.63) is 10.6 Å². The van der Waals surface area contributed by atoms with Crippen LogP contribution in [0.3, 0.4) is 0 Å². The Bertz CT molecular complexity index is 366. The molecular weight excluding hydrogens is 269 g/mol. The highest BCUT2D eigenvalue weighted by Crippen LogP contribution is 2.60. The Morgan fingerprint density at radius 1 is 1.28 bits per heavy atom. The number of amides is 1. The van der Waals surface area contributed by atoms with E-state index in [0.717, 1.165) is 31.8 Å². The second kappa shape index (κ2) is 5.05. The lowest BCUT2D eigenvalue weighted by Crippen LogP contribution is -2.39. The number of carbonyl (C=O) groups excluding carboxylic acids is 1. The highest BCUT2D eigenvalue weighted by atomic mass is 35.5. The second-order valence-corrected chi connectivity index (χ2v) is 7.30. The predicted octanol–water partition coefficient (Wildman–Crippen LogP) is 3.84. The molecule has 4 heteroatoms. The Hall–Kier alpha value is -0.210. The number of likely N-dealkylation sites (tertiary alicyclic amines) is 1. The fourth-order valence-corrected chi connectivity index (χ4v) is 3.29. The zero-order chi connectivity index (χ0) is 13.5. The first-order valence-electron chi connectivity index (χ1n) is 6.65. The number of nitrogens with zero attached hydrogens (tertiary/aromatic N) is 1. The summed E-state index contributed by atoms with van der Waals surface area (Å²) in [6.45, 7) is 8.27. The van der Waals surface area contributed by atoms with Crippen LogP contribution in [-0.4, -0.2) is 23.9 Å². The largest absolute Gasteiger partial charge is 0.342 e. The summed E-state index contributed by atoms with van der Waals surface area (Å²) in [4.78, 5) is 14.5. The fourth-order valence-electron chi connectivity index (χ4n) is 3.02. The smallest absolute Gasteiger partial charge is 0.226 e. The van der Waals surface area contributed by atoms with E-state index in [4.69, 9.17) is 23.2 Å². The summed E-state index contributed by atoms with van der Waals surface area (Å²) in [5.41, 5.74) is -0.00479. The number of piperidine rings is 1. The maximum Gasteiger partial charge on any atom is 0.226 e. The average molecular weight is 290 g/mol. The molecule has 0 bridgehead atoms. The predicted molar refractivity (Wildman–Crippen MR) is 75.5 cm³/mol. The van der Waals surface area contributed by atoms with Gasteiger partial charge in [0.15, 0.2) is 0 Å². The Labute approximate surface area is 119 Å². The lowest BCUT2D eigenvalue weighted by Gasteiger charge is -2.30. The van der Waals surface area contributed by atoms with Crippen LogP contribution in [0.4, 0.5) is 0 Å². The highest BCUT2D eigenvalue weighted by Gasteiger charge is 2.61. The second-order valence-electron chi connectivity index (χ2n) is 6.29. The first-order chi connectivity index (χ1) is 8.34. The van der Waals surface area contributed by atoms with Gasteiger partial charge < -0.3 is 4.90 Å². The summed E-state index contributed by atoms with van der Waals surface area (Å²) in [6.07, 6.45) is 4.06. The summed E-state index contributed by atoms with van der Waals surface area (Å²) in [5.74, 6) is 1.27. The van der Waals surface area contributed by atoms with Gasteiger partial charge in [-0.05, 0) is 36.2 Å². The maximum atomic E-state index is 12.5. The van der Waals surface area contributed by atoms with E-state index in [9.17, 15) is 4.79 Å². The Morgan fingerprint density at radius 2 is 1.83 bits per heavy atom. The van der Waals surface area contributed by atoms with Crippen molar-refractivity contribution in [2.75, 3.05) is 13.1 Å². The zero-order valence-corrected chi connectivity index (χ0v) is 12.8. The molecule has 1 aliphatic carbocycles. The minimum Gasteiger partial charge on any atom is -0.342 e. The third kappa shape index (κ3) is 2.70. The Morgan fingerprint density at radius 3 is 2.33 bits per heavy atom. The molecule has 1 aliphatic heterocycles. The van der Waals surface area contributed by atoms with Gasteiger partial charge in [0, 0.05) is 13.1 Å². The molecule has 2 aliphatic rings. The summed E-state index contributed by atoms with van der Waals surface area (Å²) in [6, 6.07) is 0. The van der Waals surface area contributed by atoms with Gasteiger partial charge in [-0.15, -0.1) is 0 Å². The molecule has 0 radical (unpaired) electrons. The quantitative estimate of drug-likeness (QED) is 0.756. The molecule has 2 fully saturated rings. The number of hydrogen-bond donors (Lipinski definition) is 0. The molecule has 1 saturated carbocycles. The molecule has 1 amide bonds. The van der Waals surface area contributed by atoms with Gasteiger partial charge in [0.25, 0.3) is 0 Å². The average Bonchev–Trinajstić information content (AvgIpc) is 2.79. The van der Waals surface area contributed by atoms with Crippen molar-refractivity contribution in [3.63, 3.8) is 0 Å². The van der Waals surface area contributed by atoms with Gasteiger partial charge in [-0.1, -0.05) is 44.0 Å². The van der Waals surface area contributed by atoms with Crippen LogP contribution >= 0.6 is 23.2 Å². The van der Waals surface area contributed by atoms with Gasteiger partial charge >= 0.3 is 0 Å². The molecule has 0 N–H and O–H groups in total. The molecule has 0 unspecified atom stereocenters. The SMILES string of the molecule is CC1CCN(C(=O)[C@H]2[C@H](C=C(Cl)Cl)C2(C)C)CC1. The molecule has 18 heavy (non-hydrogen) atoms. The zero-order valence-electron chi connectivity index (χ0n) is 11.2. The number of carbonyl (C=O) groups is 1. The van der Waals surface area contributed by atoms with Crippen molar-refractivity contribution in [3.8, 4) is 0 Å². The third-order valence-electron chi connectivity index (χ3n) is 4.58. The molecule has 102 valence electrons. The molecule has 0 aromatic carbocycles. The number of hydrogen-bond acceptors (Lipinski definition) is 1. The molecule has 0 spiro atoms. The topological polar surface area (TPSA) is 20.3 Å². The van der Waals surface area contributed by atoms with E-state index in [-0.39, 0.29) is 27.6 Å². The van der Waals surface area contributed by atoms with Gasteiger partial charge in [-0.2, -0.15) is 0 Å². The Balaban J connectivity index is 2.00. The van der Waals surface area contributed by atoms with Crippen LogP contribution in [0.15, 0.2) is 10.6 Å². The minimum absolute atomic E-state index is 0.00479. The van der Waals surface area contributed by atoms with E-state index in [1.807, 2.05) is 11.0 Å². The van der Waals surface area contributed by atoms with Crippen molar-refractivity contribution in [1.82, 2.24) is 4.90 Å². The van der Waals surface area contributed by atoms with E-state index in [1.165, 1.54) is 0 Å². The third-order valence-corrected chi connectivity index (χ3v) is 4.83. The first-order valence-corrected chi connectivity index (χ1v) is 7.41. The normalized spacial score (nSPS) is 31.1. The fraction of sp³-hybridized carbons (Fsp3) is 0.786.